The smallest absolute Gasteiger partial charge is 0.272 e. The van der Waals surface area contributed by atoms with Crippen LogP contribution in [-0.2, 0) is 9.53 Å². The first-order valence-electron chi connectivity index (χ1n) is 10.7. The number of ether oxygens (including phenoxy) is 1. The highest BCUT2D eigenvalue weighted by Gasteiger charge is 2.35. The third-order valence-electron chi connectivity index (χ3n) is 5.95. The van der Waals surface area contributed by atoms with Gasteiger partial charge in [-0.25, -0.2) is 0 Å². The molecule has 0 radical (unpaired) electrons. The van der Waals surface area contributed by atoms with E-state index in [1.54, 1.807) is 11.8 Å². The number of amides is 2. The van der Waals surface area contributed by atoms with Gasteiger partial charge in [0.1, 0.15) is 6.04 Å². The first-order valence-corrected chi connectivity index (χ1v) is 10.7. The van der Waals surface area contributed by atoms with Crippen LogP contribution in [0.15, 0.2) is 42.5 Å². The van der Waals surface area contributed by atoms with Gasteiger partial charge in [0.05, 0.1) is 18.1 Å². The highest BCUT2D eigenvalue weighted by atomic mass is 16.6. The number of hydrogen-bond acceptors (Lipinski definition) is 6. The zero-order valence-corrected chi connectivity index (χ0v) is 18.0. The van der Waals surface area contributed by atoms with E-state index in [4.69, 9.17) is 4.74 Å². The zero-order chi connectivity index (χ0) is 22.7. The highest BCUT2D eigenvalue weighted by Crippen LogP contribution is 2.26. The van der Waals surface area contributed by atoms with Crippen molar-refractivity contribution in [3.63, 3.8) is 0 Å². The van der Waals surface area contributed by atoms with E-state index in [1.165, 1.54) is 18.2 Å². The third kappa shape index (κ3) is 4.57. The maximum Gasteiger partial charge on any atom is 0.272 e. The van der Waals surface area contributed by atoms with Crippen molar-refractivity contribution < 1.29 is 19.2 Å². The average Bonchev–Trinajstić information content (AvgIpc) is 3.29. The van der Waals surface area contributed by atoms with E-state index in [0.29, 0.717) is 43.0 Å². The predicted molar refractivity (Wildman–Crippen MR) is 120 cm³/mol. The molecule has 2 aliphatic rings. The summed E-state index contributed by atoms with van der Waals surface area (Å²) in [7, 11) is 0. The zero-order valence-electron chi connectivity index (χ0n) is 18.0. The number of benzene rings is 2. The molecule has 32 heavy (non-hydrogen) atoms. The molecule has 2 aromatic rings. The second-order valence-electron chi connectivity index (χ2n) is 8.05. The number of nitro benzene ring substituents is 1. The number of hydrogen-bond donors (Lipinski definition) is 1. The van der Waals surface area contributed by atoms with E-state index in [1.807, 2.05) is 24.3 Å². The Morgan fingerprint density at radius 3 is 2.62 bits per heavy atom. The summed E-state index contributed by atoms with van der Waals surface area (Å²) in [6.07, 6.45) is 1.30. The third-order valence-corrected chi connectivity index (χ3v) is 5.95. The summed E-state index contributed by atoms with van der Waals surface area (Å²) in [6.45, 7) is 5.04. The van der Waals surface area contributed by atoms with E-state index >= 15 is 0 Å². The summed E-state index contributed by atoms with van der Waals surface area (Å²) >= 11 is 0. The molecule has 1 unspecified atom stereocenters. The number of aryl methyl sites for hydroxylation is 1. The first-order chi connectivity index (χ1) is 15.4. The number of nitrogens with one attached hydrogen (secondary N) is 1. The van der Waals surface area contributed by atoms with Gasteiger partial charge in [0.25, 0.3) is 11.6 Å². The summed E-state index contributed by atoms with van der Waals surface area (Å²) in [5.74, 6) is -0.517. The van der Waals surface area contributed by atoms with Crippen LogP contribution in [-0.4, -0.2) is 60.5 Å². The molecule has 0 saturated carbocycles. The number of carbonyl (C=O) groups is 2. The summed E-state index contributed by atoms with van der Waals surface area (Å²) in [5, 5.41) is 14.0. The molecule has 1 atom stereocenters. The molecule has 2 amide bonds. The molecule has 9 nitrogen and oxygen atoms in total. The molecule has 2 aliphatic heterocycles. The van der Waals surface area contributed by atoms with Crippen molar-refractivity contribution in [3.05, 3.63) is 63.7 Å². The molecule has 0 bridgehead atoms. The van der Waals surface area contributed by atoms with E-state index < -0.39 is 11.0 Å². The Morgan fingerprint density at radius 1 is 1.12 bits per heavy atom. The quantitative estimate of drug-likeness (QED) is 0.568. The normalized spacial score (nSPS) is 18.5. The van der Waals surface area contributed by atoms with Gasteiger partial charge in [0.15, 0.2) is 0 Å². The van der Waals surface area contributed by atoms with Crippen LogP contribution in [0.3, 0.4) is 0 Å². The Balaban J connectivity index is 1.46. The minimum atomic E-state index is -0.579. The van der Waals surface area contributed by atoms with E-state index in [2.05, 4.69) is 10.2 Å². The predicted octanol–water partition coefficient (Wildman–Crippen LogP) is 2.98. The van der Waals surface area contributed by atoms with Gasteiger partial charge in [0, 0.05) is 48.2 Å². The Kier molecular flexibility index (Phi) is 6.36. The van der Waals surface area contributed by atoms with E-state index in [-0.39, 0.29) is 17.5 Å². The lowest BCUT2D eigenvalue weighted by Crippen LogP contribution is -2.43. The van der Waals surface area contributed by atoms with Crippen molar-refractivity contribution in [2.45, 2.75) is 25.8 Å². The van der Waals surface area contributed by atoms with Crippen LogP contribution in [0.25, 0.3) is 0 Å². The van der Waals surface area contributed by atoms with Crippen LogP contribution < -0.4 is 10.2 Å². The maximum atomic E-state index is 13.1. The lowest BCUT2D eigenvalue weighted by Gasteiger charge is -2.29. The molecule has 2 fully saturated rings. The number of morpholine rings is 1. The van der Waals surface area contributed by atoms with Crippen molar-refractivity contribution in [2.75, 3.05) is 43.1 Å². The first kappa shape index (κ1) is 21.8. The van der Waals surface area contributed by atoms with E-state index in [0.717, 1.165) is 25.2 Å². The molecule has 2 heterocycles. The molecule has 1 N–H and O–H groups in total. The molecule has 0 aromatic heterocycles. The molecule has 168 valence electrons. The Bertz CT molecular complexity index is 1030. The molecule has 2 saturated heterocycles. The molecule has 4 rings (SSSR count). The molecule has 0 aliphatic carbocycles. The van der Waals surface area contributed by atoms with Gasteiger partial charge in [0.2, 0.25) is 5.91 Å². The molecule has 2 aromatic carbocycles. The molecular weight excluding hydrogens is 412 g/mol. The minimum Gasteiger partial charge on any atom is -0.378 e. The molecule has 9 heteroatoms. The number of likely N-dealkylation sites (tertiary alicyclic amines) is 1. The summed E-state index contributed by atoms with van der Waals surface area (Å²) in [5.41, 5.74) is 2.44. The van der Waals surface area contributed by atoms with Crippen LogP contribution in [0.5, 0.6) is 0 Å². The number of rotatable bonds is 5. The highest BCUT2D eigenvalue weighted by molar-refractivity contribution is 6.02. The Hall–Kier alpha value is -3.46. The number of nitro groups is 1. The van der Waals surface area contributed by atoms with Crippen LogP contribution in [0.2, 0.25) is 0 Å². The standard InChI is InChI=1S/C23H26N4O5/c1-16-14-17(7-8-20(16)27(30)31)23(29)26-9-3-6-21(26)22(28)24-18-4-2-5-19(15-18)25-10-12-32-13-11-25/h2,4-5,7-8,14-15,21H,3,6,9-13H2,1H3,(H,24,28). The topological polar surface area (TPSA) is 105 Å². The van der Waals surface area contributed by atoms with Crippen molar-refractivity contribution in [3.8, 4) is 0 Å². The lowest BCUT2D eigenvalue weighted by molar-refractivity contribution is -0.385. The Morgan fingerprint density at radius 2 is 1.91 bits per heavy atom. The monoisotopic (exact) mass is 438 g/mol. The molecular formula is C23H26N4O5. The van der Waals surface area contributed by atoms with Crippen LogP contribution >= 0.6 is 0 Å². The SMILES string of the molecule is Cc1cc(C(=O)N2CCCC2C(=O)Nc2cccc(N3CCOCC3)c2)ccc1[N+](=O)[O-]. The van der Waals surface area contributed by atoms with Crippen LogP contribution in [0, 0.1) is 17.0 Å². The summed E-state index contributed by atoms with van der Waals surface area (Å²) < 4.78 is 5.40. The second-order valence-corrected chi connectivity index (χ2v) is 8.05. The fraction of sp³-hybridized carbons (Fsp3) is 0.391. The summed E-state index contributed by atoms with van der Waals surface area (Å²) in [6, 6.07) is 11.4. The van der Waals surface area contributed by atoms with Gasteiger partial charge >= 0.3 is 0 Å². The fourth-order valence-electron chi connectivity index (χ4n) is 4.27. The van der Waals surface area contributed by atoms with Crippen molar-refractivity contribution >= 4 is 28.9 Å². The summed E-state index contributed by atoms with van der Waals surface area (Å²) in [4.78, 5) is 40.4. The molecule has 0 spiro atoms. The van der Waals surface area contributed by atoms with Gasteiger partial charge in [-0.3, -0.25) is 19.7 Å². The second kappa shape index (κ2) is 9.35. The Labute approximate surface area is 186 Å². The van der Waals surface area contributed by atoms with Gasteiger partial charge in [-0.2, -0.15) is 0 Å². The minimum absolute atomic E-state index is 0.0302. The fourth-order valence-corrected chi connectivity index (χ4v) is 4.27. The van der Waals surface area contributed by atoms with E-state index in [9.17, 15) is 19.7 Å². The van der Waals surface area contributed by atoms with Crippen molar-refractivity contribution in [1.29, 1.82) is 0 Å². The van der Waals surface area contributed by atoms with Gasteiger partial charge in [-0.15, -0.1) is 0 Å². The van der Waals surface area contributed by atoms with Crippen LogP contribution in [0.4, 0.5) is 17.1 Å². The van der Waals surface area contributed by atoms with Gasteiger partial charge < -0.3 is 19.9 Å². The maximum absolute atomic E-state index is 13.1. The average molecular weight is 438 g/mol. The number of carbonyl (C=O) groups excluding carboxylic acids is 2. The number of anilines is 2. The largest absolute Gasteiger partial charge is 0.378 e. The van der Waals surface area contributed by atoms with Crippen molar-refractivity contribution in [1.82, 2.24) is 4.90 Å². The lowest BCUT2D eigenvalue weighted by atomic mass is 10.1. The van der Waals surface area contributed by atoms with Crippen LogP contribution in [0.1, 0.15) is 28.8 Å². The van der Waals surface area contributed by atoms with Gasteiger partial charge in [-0.1, -0.05) is 6.07 Å². The number of nitrogens with zero attached hydrogens (tertiary/aromatic N) is 3. The van der Waals surface area contributed by atoms with Gasteiger partial charge in [-0.05, 0) is 50.1 Å². The van der Waals surface area contributed by atoms with Crippen molar-refractivity contribution in [2.24, 2.45) is 0 Å².